The molecule has 1 rings (SSSR count). The van der Waals surface area contributed by atoms with Gasteiger partial charge in [0.2, 0.25) is 0 Å². The summed E-state index contributed by atoms with van der Waals surface area (Å²) in [5.74, 6) is -0.139. The average molecular weight is 265 g/mol. The second-order valence-electron chi connectivity index (χ2n) is 5.45. The Balaban J connectivity index is 2.39. The van der Waals surface area contributed by atoms with Crippen LogP contribution in [0, 0.1) is 4.91 Å². The minimum atomic E-state index is -0.139. The number of rotatable bonds is 7. The molecule has 0 aromatic carbocycles. The minimum absolute atomic E-state index is 0.0331. The van der Waals surface area contributed by atoms with Crippen LogP contribution >= 0.6 is 0 Å². The van der Waals surface area contributed by atoms with Crippen molar-refractivity contribution in [2.45, 2.75) is 13.0 Å². The summed E-state index contributed by atoms with van der Waals surface area (Å²) in [4.78, 5) is 25.9. The third-order valence-electron chi connectivity index (χ3n) is 2.60. The molecule has 1 aromatic rings. The first-order valence-corrected chi connectivity index (χ1v) is 6.25. The molecule has 6 nitrogen and oxygen atoms in total. The molecule has 0 spiro atoms. The number of hydrogen-bond acceptors (Lipinski definition) is 4. The molecule has 0 unspecified atom stereocenters. The molecular weight excluding hydrogens is 244 g/mol. The van der Waals surface area contributed by atoms with Gasteiger partial charge in [-0.2, -0.15) is 4.91 Å². The van der Waals surface area contributed by atoms with Crippen LogP contribution in [0.1, 0.15) is 22.5 Å². The fourth-order valence-corrected chi connectivity index (χ4v) is 1.58. The largest absolute Gasteiger partial charge is 0.352 e. The van der Waals surface area contributed by atoms with E-state index in [1.807, 2.05) is 0 Å². The van der Waals surface area contributed by atoms with Crippen molar-refractivity contribution < 1.29 is 9.28 Å². The van der Waals surface area contributed by atoms with E-state index in [4.69, 9.17) is 0 Å². The van der Waals surface area contributed by atoms with E-state index in [9.17, 15) is 9.70 Å². The first kappa shape index (κ1) is 15.2. The van der Waals surface area contributed by atoms with Crippen LogP contribution < -0.4 is 5.32 Å². The van der Waals surface area contributed by atoms with E-state index in [1.165, 1.54) is 6.20 Å². The van der Waals surface area contributed by atoms with Gasteiger partial charge in [0.25, 0.3) is 5.91 Å². The van der Waals surface area contributed by atoms with Crippen molar-refractivity contribution in [1.29, 1.82) is 0 Å². The average Bonchev–Trinajstić information content (AvgIpc) is 2.34. The van der Waals surface area contributed by atoms with Gasteiger partial charge < -0.3 is 9.80 Å². The highest BCUT2D eigenvalue weighted by atomic mass is 16.3. The Morgan fingerprint density at radius 2 is 2.11 bits per heavy atom. The summed E-state index contributed by atoms with van der Waals surface area (Å²) in [6.07, 6.45) is 2.39. The van der Waals surface area contributed by atoms with Gasteiger partial charge in [0.1, 0.15) is 6.54 Å². The summed E-state index contributed by atoms with van der Waals surface area (Å²) in [7, 11) is 6.35. The monoisotopic (exact) mass is 265 g/mol. The highest BCUT2D eigenvalue weighted by Crippen LogP contribution is 2.02. The lowest BCUT2D eigenvalue weighted by Gasteiger charge is -2.23. The molecule has 0 radical (unpaired) electrons. The lowest BCUT2D eigenvalue weighted by molar-refractivity contribution is -0.870. The summed E-state index contributed by atoms with van der Waals surface area (Å²) in [6, 6.07) is 3.30. The second-order valence-corrected chi connectivity index (χ2v) is 5.45. The molecule has 1 N–H and O–H groups in total. The highest BCUT2D eigenvalue weighted by Gasteiger charge is 2.08. The zero-order valence-electron chi connectivity index (χ0n) is 11.7. The lowest BCUT2D eigenvalue weighted by Crippen LogP contribution is -2.37. The van der Waals surface area contributed by atoms with Gasteiger partial charge in [0, 0.05) is 19.2 Å². The van der Waals surface area contributed by atoms with E-state index in [0.29, 0.717) is 17.8 Å². The molecule has 1 heterocycles. The van der Waals surface area contributed by atoms with Gasteiger partial charge in [-0.25, -0.2) is 0 Å². The van der Waals surface area contributed by atoms with Crippen LogP contribution in [0.15, 0.2) is 23.5 Å². The maximum atomic E-state index is 11.8. The van der Waals surface area contributed by atoms with Gasteiger partial charge in [-0.05, 0) is 12.1 Å². The van der Waals surface area contributed by atoms with Crippen molar-refractivity contribution in [2.75, 3.05) is 34.2 Å². The molecule has 0 aliphatic rings. The Hall–Kier alpha value is -1.82. The van der Waals surface area contributed by atoms with Crippen LogP contribution in [0.25, 0.3) is 0 Å². The Morgan fingerprint density at radius 3 is 2.63 bits per heavy atom. The van der Waals surface area contributed by atoms with E-state index < -0.39 is 0 Å². The zero-order valence-corrected chi connectivity index (χ0v) is 11.7. The molecule has 0 atom stereocenters. The minimum Gasteiger partial charge on any atom is -0.352 e. The van der Waals surface area contributed by atoms with Crippen LogP contribution in [0.3, 0.4) is 0 Å². The Labute approximate surface area is 113 Å². The predicted molar refractivity (Wildman–Crippen MR) is 73.6 cm³/mol. The molecule has 19 heavy (non-hydrogen) atoms. The van der Waals surface area contributed by atoms with E-state index in [-0.39, 0.29) is 12.5 Å². The molecule has 0 saturated heterocycles. The quantitative estimate of drug-likeness (QED) is 0.457. The van der Waals surface area contributed by atoms with Crippen molar-refractivity contribution in [3.63, 3.8) is 0 Å². The third-order valence-corrected chi connectivity index (χ3v) is 2.60. The number of hydrogen-bond donors (Lipinski definition) is 1. The summed E-state index contributed by atoms with van der Waals surface area (Å²) >= 11 is 0. The van der Waals surface area contributed by atoms with E-state index in [2.05, 4.69) is 36.6 Å². The van der Waals surface area contributed by atoms with Crippen LogP contribution in [-0.4, -0.2) is 49.6 Å². The Morgan fingerprint density at radius 1 is 1.37 bits per heavy atom. The standard InChI is InChI=1S/C13H20N4O2/c1-17(2,3)8-4-7-14-13(18)11-5-6-12(10-16-19)15-9-11/h5-6,9H,4,7-8,10H2,1-3H3/p+1. The van der Waals surface area contributed by atoms with Gasteiger partial charge >= 0.3 is 0 Å². The van der Waals surface area contributed by atoms with Gasteiger partial charge in [0.05, 0.1) is 38.9 Å². The number of nitrogens with zero attached hydrogens (tertiary/aromatic N) is 3. The zero-order chi connectivity index (χ0) is 14.3. The molecular formula is C13H21N4O2+. The molecule has 0 saturated carbocycles. The number of amides is 1. The predicted octanol–water partition coefficient (Wildman–Crippen LogP) is 1.17. The number of pyridine rings is 1. The van der Waals surface area contributed by atoms with Gasteiger partial charge in [-0.3, -0.25) is 9.78 Å². The number of nitroso groups, excluding NO2 is 1. The molecule has 104 valence electrons. The SMILES string of the molecule is C[N+](C)(C)CCCNC(=O)c1ccc(CN=O)nc1. The molecule has 0 fully saturated rings. The van der Waals surface area contributed by atoms with Gasteiger partial charge in [0.15, 0.2) is 0 Å². The highest BCUT2D eigenvalue weighted by molar-refractivity contribution is 5.93. The van der Waals surface area contributed by atoms with E-state index >= 15 is 0 Å². The third kappa shape index (κ3) is 6.05. The van der Waals surface area contributed by atoms with Crippen molar-refractivity contribution in [1.82, 2.24) is 10.3 Å². The topological polar surface area (TPSA) is 71.4 Å². The number of nitrogens with one attached hydrogen (secondary N) is 1. The normalized spacial score (nSPS) is 11.1. The lowest BCUT2D eigenvalue weighted by atomic mass is 10.2. The van der Waals surface area contributed by atoms with Crippen molar-refractivity contribution in [2.24, 2.45) is 5.18 Å². The van der Waals surface area contributed by atoms with Crippen molar-refractivity contribution in [3.8, 4) is 0 Å². The fourth-order valence-electron chi connectivity index (χ4n) is 1.58. The summed E-state index contributed by atoms with van der Waals surface area (Å²) < 4.78 is 0.880. The summed E-state index contributed by atoms with van der Waals surface area (Å²) in [6.45, 7) is 1.68. The van der Waals surface area contributed by atoms with Gasteiger partial charge in [-0.1, -0.05) is 5.18 Å². The maximum Gasteiger partial charge on any atom is 0.252 e. The number of carbonyl (C=O) groups is 1. The fraction of sp³-hybridized carbons (Fsp3) is 0.538. The first-order valence-electron chi connectivity index (χ1n) is 6.25. The molecule has 6 heteroatoms. The second kappa shape index (κ2) is 6.94. The summed E-state index contributed by atoms with van der Waals surface area (Å²) in [5, 5.41) is 5.60. The number of aromatic nitrogens is 1. The van der Waals surface area contributed by atoms with Gasteiger partial charge in [-0.15, -0.1) is 0 Å². The van der Waals surface area contributed by atoms with Crippen LogP contribution in [0.2, 0.25) is 0 Å². The number of quaternary nitrogens is 1. The van der Waals surface area contributed by atoms with E-state index in [0.717, 1.165) is 17.4 Å². The summed E-state index contributed by atoms with van der Waals surface area (Å²) in [5.41, 5.74) is 1.07. The molecule has 0 aliphatic heterocycles. The molecule has 1 aromatic heterocycles. The van der Waals surface area contributed by atoms with Crippen LogP contribution in [0.4, 0.5) is 0 Å². The van der Waals surface area contributed by atoms with Crippen LogP contribution in [0.5, 0.6) is 0 Å². The van der Waals surface area contributed by atoms with E-state index in [1.54, 1.807) is 12.1 Å². The molecule has 0 aliphatic carbocycles. The maximum absolute atomic E-state index is 11.8. The smallest absolute Gasteiger partial charge is 0.252 e. The first-order chi connectivity index (χ1) is 8.92. The number of carbonyl (C=O) groups excluding carboxylic acids is 1. The van der Waals surface area contributed by atoms with Crippen molar-refractivity contribution >= 4 is 5.91 Å². The molecule has 0 bridgehead atoms. The van der Waals surface area contributed by atoms with Crippen molar-refractivity contribution in [3.05, 3.63) is 34.5 Å². The Kier molecular flexibility index (Phi) is 5.57. The van der Waals surface area contributed by atoms with Crippen LogP contribution in [-0.2, 0) is 6.54 Å². The Bertz CT molecular complexity index is 423. The molecule has 1 amide bonds.